The molecule has 0 heterocycles. The van der Waals surface area contributed by atoms with Gasteiger partial charge in [-0.1, -0.05) is 24.6 Å². The molecule has 2 aromatic rings. The number of amides is 1. The predicted octanol–water partition coefficient (Wildman–Crippen LogP) is 4.49. The Bertz CT molecular complexity index is 657. The lowest BCUT2D eigenvalue weighted by Gasteiger charge is -2.11. The van der Waals surface area contributed by atoms with Crippen LogP contribution in [0.2, 0.25) is 5.02 Å². The summed E-state index contributed by atoms with van der Waals surface area (Å²) in [6, 6.07) is 12.9. The molecule has 0 unspecified atom stereocenters. The molecule has 0 aliphatic carbocycles. The smallest absolute Gasteiger partial charge is 0.243 e. The van der Waals surface area contributed by atoms with Crippen molar-refractivity contribution in [1.82, 2.24) is 0 Å². The Kier molecular flexibility index (Phi) is 6.29. The van der Waals surface area contributed by atoms with Gasteiger partial charge in [0.1, 0.15) is 5.75 Å². The van der Waals surface area contributed by atoms with Crippen LogP contribution < -0.4 is 15.4 Å². The van der Waals surface area contributed by atoms with E-state index in [2.05, 4.69) is 17.6 Å². The Morgan fingerprint density at radius 2 is 1.91 bits per heavy atom. The van der Waals surface area contributed by atoms with Gasteiger partial charge in [-0.2, -0.15) is 0 Å². The number of ether oxygens (including phenoxy) is 1. The third-order valence-corrected chi connectivity index (χ3v) is 3.49. The molecule has 0 atom stereocenters. The number of nitrogens with one attached hydrogen (secondary N) is 2. The number of aryl methyl sites for hydroxylation is 1. The highest BCUT2D eigenvalue weighted by molar-refractivity contribution is 6.30. The van der Waals surface area contributed by atoms with Crippen LogP contribution in [0.1, 0.15) is 18.9 Å². The van der Waals surface area contributed by atoms with Gasteiger partial charge in [0.2, 0.25) is 5.91 Å². The van der Waals surface area contributed by atoms with Gasteiger partial charge in [0.15, 0.2) is 0 Å². The topological polar surface area (TPSA) is 50.4 Å². The van der Waals surface area contributed by atoms with Crippen molar-refractivity contribution in [2.24, 2.45) is 0 Å². The molecule has 0 saturated heterocycles. The summed E-state index contributed by atoms with van der Waals surface area (Å²) < 4.78 is 5.51. The van der Waals surface area contributed by atoms with Gasteiger partial charge in [-0.25, -0.2) is 0 Å². The van der Waals surface area contributed by atoms with Gasteiger partial charge in [-0.15, -0.1) is 0 Å². The first-order valence-corrected chi connectivity index (χ1v) is 7.99. The van der Waals surface area contributed by atoms with Gasteiger partial charge in [-0.3, -0.25) is 4.79 Å². The van der Waals surface area contributed by atoms with E-state index in [0.717, 1.165) is 29.1 Å². The molecule has 5 heteroatoms. The molecule has 2 rings (SSSR count). The SMILES string of the molecule is CCCOc1ccc(NC(=O)CNc2cc(Cl)ccc2C)cc1. The van der Waals surface area contributed by atoms with Crippen LogP contribution in [0.4, 0.5) is 11.4 Å². The van der Waals surface area contributed by atoms with Crippen LogP contribution in [-0.2, 0) is 4.79 Å². The van der Waals surface area contributed by atoms with E-state index in [0.29, 0.717) is 11.6 Å². The molecule has 4 nitrogen and oxygen atoms in total. The van der Waals surface area contributed by atoms with Crippen LogP contribution in [0, 0.1) is 6.92 Å². The van der Waals surface area contributed by atoms with Crippen molar-refractivity contribution in [2.45, 2.75) is 20.3 Å². The van der Waals surface area contributed by atoms with E-state index in [1.54, 1.807) is 0 Å². The van der Waals surface area contributed by atoms with E-state index >= 15 is 0 Å². The Hall–Kier alpha value is -2.20. The highest BCUT2D eigenvalue weighted by atomic mass is 35.5. The third-order valence-electron chi connectivity index (χ3n) is 3.25. The van der Waals surface area contributed by atoms with Crippen LogP contribution in [-0.4, -0.2) is 19.1 Å². The molecule has 0 fully saturated rings. The maximum absolute atomic E-state index is 12.0. The van der Waals surface area contributed by atoms with Crippen molar-refractivity contribution in [3.05, 3.63) is 53.1 Å². The second-order valence-electron chi connectivity index (χ2n) is 5.23. The summed E-state index contributed by atoms with van der Waals surface area (Å²) in [6.45, 7) is 4.89. The molecule has 0 aromatic heterocycles. The molecular weight excluding hydrogens is 312 g/mol. The highest BCUT2D eigenvalue weighted by Crippen LogP contribution is 2.20. The summed E-state index contributed by atoms with van der Waals surface area (Å²) in [7, 11) is 0. The van der Waals surface area contributed by atoms with Crippen LogP contribution >= 0.6 is 11.6 Å². The molecule has 0 saturated carbocycles. The van der Waals surface area contributed by atoms with Crippen LogP contribution in [0.3, 0.4) is 0 Å². The van der Waals surface area contributed by atoms with E-state index in [9.17, 15) is 4.79 Å². The quantitative estimate of drug-likeness (QED) is 0.785. The molecule has 122 valence electrons. The van der Waals surface area contributed by atoms with E-state index in [-0.39, 0.29) is 12.5 Å². The number of carbonyl (C=O) groups is 1. The number of rotatable bonds is 7. The third kappa shape index (κ3) is 5.49. The zero-order valence-electron chi connectivity index (χ0n) is 13.4. The molecule has 0 spiro atoms. The van der Waals surface area contributed by atoms with Crippen LogP contribution in [0.15, 0.2) is 42.5 Å². The van der Waals surface area contributed by atoms with Crippen molar-refractivity contribution in [1.29, 1.82) is 0 Å². The van der Waals surface area contributed by atoms with Crippen molar-refractivity contribution in [3.63, 3.8) is 0 Å². The minimum Gasteiger partial charge on any atom is -0.494 e. The number of hydrogen-bond acceptors (Lipinski definition) is 3. The standard InChI is InChI=1S/C18H21ClN2O2/c1-3-10-23-16-8-6-15(7-9-16)21-18(22)12-20-17-11-14(19)5-4-13(17)2/h4-9,11,20H,3,10,12H2,1-2H3,(H,21,22). The molecule has 0 bridgehead atoms. The Labute approximate surface area is 141 Å². The first-order chi connectivity index (χ1) is 11.1. The van der Waals surface area contributed by atoms with Gasteiger partial charge in [0, 0.05) is 16.4 Å². The largest absolute Gasteiger partial charge is 0.494 e. The first-order valence-electron chi connectivity index (χ1n) is 7.61. The lowest BCUT2D eigenvalue weighted by Crippen LogP contribution is -2.22. The van der Waals surface area contributed by atoms with Crippen LogP contribution in [0.5, 0.6) is 5.75 Å². The molecule has 23 heavy (non-hydrogen) atoms. The average molecular weight is 333 g/mol. The molecule has 0 aliphatic rings. The summed E-state index contributed by atoms with van der Waals surface area (Å²) in [5.41, 5.74) is 2.64. The van der Waals surface area contributed by atoms with E-state index in [1.165, 1.54) is 0 Å². The van der Waals surface area contributed by atoms with Crippen molar-refractivity contribution < 1.29 is 9.53 Å². The van der Waals surface area contributed by atoms with Crippen LogP contribution in [0.25, 0.3) is 0 Å². The van der Waals surface area contributed by atoms with Crippen molar-refractivity contribution >= 4 is 28.9 Å². The monoisotopic (exact) mass is 332 g/mol. The summed E-state index contributed by atoms with van der Waals surface area (Å²) in [5, 5.41) is 6.57. The lowest BCUT2D eigenvalue weighted by atomic mass is 10.2. The van der Waals surface area contributed by atoms with Crippen molar-refractivity contribution in [2.75, 3.05) is 23.8 Å². The highest BCUT2D eigenvalue weighted by Gasteiger charge is 2.05. The fraction of sp³-hybridized carbons (Fsp3) is 0.278. The van der Waals surface area contributed by atoms with Gasteiger partial charge < -0.3 is 15.4 Å². The van der Waals surface area contributed by atoms with Gasteiger partial charge >= 0.3 is 0 Å². The van der Waals surface area contributed by atoms with Crippen molar-refractivity contribution in [3.8, 4) is 5.75 Å². The van der Waals surface area contributed by atoms with Gasteiger partial charge in [0.25, 0.3) is 0 Å². The summed E-state index contributed by atoms with van der Waals surface area (Å²) >= 11 is 5.96. The lowest BCUT2D eigenvalue weighted by molar-refractivity contribution is -0.114. The van der Waals surface area contributed by atoms with Gasteiger partial charge in [0.05, 0.1) is 13.2 Å². The zero-order chi connectivity index (χ0) is 16.7. The normalized spacial score (nSPS) is 10.2. The minimum atomic E-state index is -0.119. The second kappa shape index (κ2) is 8.44. The Morgan fingerprint density at radius 3 is 2.61 bits per heavy atom. The summed E-state index contributed by atoms with van der Waals surface area (Å²) in [6.07, 6.45) is 0.965. The predicted molar refractivity (Wildman–Crippen MR) is 95.5 cm³/mol. The summed E-state index contributed by atoms with van der Waals surface area (Å²) in [5.74, 6) is 0.684. The molecule has 0 radical (unpaired) electrons. The number of hydrogen-bond donors (Lipinski definition) is 2. The van der Waals surface area contributed by atoms with E-state index in [4.69, 9.17) is 16.3 Å². The number of halogens is 1. The zero-order valence-corrected chi connectivity index (χ0v) is 14.1. The molecule has 0 aliphatic heterocycles. The molecule has 1 amide bonds. The number of benzene rings is 2. The average Bonchev–Trinajstić information content (AvgIpc) is 2.55. The maximum Gasteiger partial charge on any atom is 0.243 e. The fourth-order valence-electron chi connectivity index (χ4n) is 2.02. The Morgan fingerprint density at radius 1 is 1.17 bits per heavy atom. The fourth-order valence-corrected chi connectivity index (χ4v) is 2.19. The Balaban J connectivity index is 1.85. The number of anilines is 2. The molecule has 2 N–H and O–H groups in total. The maximum atomic E-state index is 12.0. The second-order valence-corrected chi connectivity index (χ2v) is 5.67. The summed E-state index contributed by atoms with van der Waals surface area (Å²) in [4.78, 5) is 12.0. The molecule has 2 aromatic carbocycles. The first kappa shape index (κ1) is 17.2. The number of carbonyl (C=O) groups excluding carboxylic acids is 1. The molecular formula is C18H21ClN2O2. The van der Waals surface area contributed by atoms with E-state index < -0.39 is 0 Å². The minimum absolute atomic E-state index is 0.119. The van der Waals surface area contributed by atoms with Gasteiger partial charge in [-0.05, 0) is 55.3 Å². The van der Waals surface area contributed by atoms with E-state index in [1.807, 2.05) is 49.4 Å².